The molecule has 0 spiro atoms. The van der Waals surface area contributed by atoms with Crippen molar-refractivity contribution in [1.29, 1.82) is 0 Å². The van der Waals surface area contributed by atoms with Gasteiger partial charge >= 0.3 is 0 Å². The third-order valence-corrected chi connectivity index (χ3v) is 8.67. The van der Waals surface area contributed by atoms with Gasteiger partial charge in [-0.25, -0.2) is 8.42 Å². The first-order valence-corrected chi connectivity index (χ1v) is 13.4. The molecule has 2 aliphatic heterocycles. The number of piperazine rings is 1. The molecule has 0 saturated carbocycles. The van der Waals surface area contributed by atoms with Crippen LogP contribution in [0.1, 0.15) is 18.7 Å². The summed E-state index contributed by atoms with van der Waals surface area (Å²) in [5.41, 5.74) is 1.76. The van der Waals surface area contributed by atoms with Crippen LogP contribution in [0.4, 0.5) is 5.69 Å². The topological polar surface area (TPSA) is 99.8 Å². The fraction of sp³-hybridized carbons (Fsp3) is 0.400. The summed E-state index contributed by atoms with van der Waals surface area (Å²) >= 11 is 0. The molecule has 2 saturated heterocycles. The van der Waals surface area contributed by atoms with Gasteiger partial charge in [0.2, 0.25) is 27.6 Å². The standard InChI is InChI=1S/C25H29N5O4S/c1-19-26-24(27-34-19)21-6-5-9-23(18-21)35(32,33)30-12-10-20(11-13-30)25(31)29-16-14-28(15-17-29)22-7-3-2-4-8-22/h2-9,18,20H,10-17H2,1H3. The molecule has 0 N–H and O–H groups in total. The van der Waals surface area contributed by atoms with E-state index in [0.29, 0.717) is 56.3 Å². The van der Waals surface area contributed by atoms with Crippen LogP contribution >= 0.6 is 0 Å². The minimum atomic E-state index is -3.68. The Morgan fingerprint density at radius 1 is 0.943 bits per heavy atom. The smallest absolute Gasteiger partial charge is 0.243 e. The molecule has 10 heteroatoms. The molecule has 5 rings (SSSR count). The predicted octanol–water partition coefficient (Wildman–Crippen LogP) is 2.79. The summed E-state index contributed by atoms with van der Waals surface area (Å²) in [5.74, 6) is 0.778. The van der Waals surface area contributed by atoms with Gasteiger partial charge in [0.1, 0.15) is 0 Å². The summed E-state index contributed by atoms with van der Waals surface area (Å²) in [6.45, 7) is 5.33. The van der Waals surface area contributed by atoms with Crippen LogP contribution in [0.15, 0.2) is 64.0 Å². The lowest BCUT2D eigenvalue weighted by atomic mass is 9.96. The van der Waals surface area contributed by atoms with Gasteiger partial charge in [0.25, 0.3) is 0 Å². The molecular weight excluding hydrogens is 466 g/mol. The number of hydrogen-bond acceptors (Lipinski definition) is 7. The van der Waals surface area contributed by atoms with E-state index in [9.17, 15) is 13.2 Å². The lowest BCUT2D eigenvalue weighted by Crippen LogP contribution is -2.52. The summed E-state index contributed by atoms with van der Waals surface area (Å²) in [4.78, 5) is 21.7. The van der Waals surface area contributed by atoms with Gasteiger partial charge in [-0.1, -0.05) is 35.5 Å². The first-order chi connectivity index (χ1) is 16.9. The summed E-state index contributed by atoms with van der Waals surface area (Å²) in [7, 11) is -3.68. The maximum atomic E-state index is 13.3. The van der Waals surface area contributed by atoms with Crippen LogP contribution in [0.25, 0.3) is 11.4 Å². The second-order valence-electron chi connectivity index (χ2n) is 8.99. The van der Waals surface area contributed by atoms with Gasteiger partial charge in [-0.2, -0.15) is 9.29 Å². The van der Waals surface area contributed by atoms with Crippen LogP contribution in [-0.4, -0.2) is 72.9 Å². The zero-order valence-corrected chi connectivity index (χ0v) is 20.5. The number of anilines is 1. The van der Waals surface area contributed by atoms with E-state index in [-0.39, 0.29) is 16.7 Å². The van der Waals surface area contributed by atoms with E-state index in [4.69, 9.17) is 4.52 Å². The molecule has 1 aromatic heterocycles. The summed E-state index contributed by atoms with van der Waals surface area (Å²) in [5, 5.41) is 3.88. The first kappa shape index (κ1) is 23.5. The number of aryl methyl sites for hydroxylation is 1. The van der Waals surface area contributed by atoms with E-state index in [1.807, 2.05) is 23.1 Å². The highest BCUT2D eigenvalue weighted by Gasteiger charge is 2.35. The monoisotopic (exact) mass is 495 g/mol. The Hall–Kier alpha value is -3.24. The predicted molar refractivity (Wildman–Crippen MR) is 131 cm³/mol. The van der Waals surface area contributed by atoms with E-state index in [1.165, 1.54) is 9.99 Å². The van der Waals surface area contributed by atoms with Crippen molar-refractivity contribution in [1.82, 2.24) is 19.3 Å². The van der Waals surface area contributed by atoms with Gasteiger partial charge in [-0.15, -0.1) is 0 Å². The van der Waals surface area contributed by atoms with Crippen LogP contribution in [0.2, 0.25) is 0 Å². The summed E-state index contributed by atoms with van der Waals surface area (Å²) in [6.07, 6.45) is 1.06. The van der Waals surface area contributed by atoms with Crippen LogP contribution in [0, 0.1) is 12.8 Å². The third-order valence-electron chi connectivity index (χ3n) is 6.77. The Morgan fingerprint density at radius 2 is 1.66 bits per heavy atom. The zero-order chi connectivity index (χ0) is 24.4. The number of para-hydroxylation sites is 1. The highest BCUT2D eigenvalue weighted by molar-refractivity contribution is 7.89. The molecule has 1 amide bonds. The minimum Gasteiger partial charge on any atom is -0.368 e. The van der Waals surface area contributed by atoms with Crippen molar-refractivity contribution in [3.8, 4) is 11.4 Å². The van der Waals surface area contributed by atoms with Crippen molar-refractivity contribution < 1.29 is 17.7 Å². The number of amides is 1. The van der Waals surface area contributed by atoms with Crippen LogP contribution in [0.5, 0.6) is 0 Å². The lowest BCUT2D eigenvalue weighted by molar-refractivity contribution is -0.137. The minimum absolute atomic E-state index is 0.140. The molecule has 0 atom stereocenters. The van der Waals surface area contributed by atoms with Crippen LogP contribution < -0.4 is 4.90 Å². The maximum Gasteiger partial charge on any atom is 0.243 e. The quantitative estimate of drug-likeness (QED) is 0.537. The van der Waals surface area contributed by atoms with Gasteiger partial charge in [0, 0.05) is 63.4 Å². The number of aromatic nitrogens is 2. The number of nitrogens with zero attached hydrogens (tertiary/aromatic N) is 5. The Morgan fingerprint density at radius 3 is 2.31 bits per heavy atom. The van der Waals surface area contributed by atoms with E-state index >= 15 is 0 Å². The van der Waals surface area contributed by atoms with Gasteiger partial charge in [0.15, 0.2) is 0 Å². The average molecular weight is 496 g/mol. The second kappa shape index (κ2) is 9.79. The SMILES string of the molecule is Cc1nc(-c2cccc(S(=O)(=O)N3CCC(C(=O)N4CCN(c5ccccc5)CC4)CC3)c2)no1. The van der Waals surface area contributed by atoms with Crippen molar-refractivity contribution in [2.24, 2.45) is 5.92 Å². The number of piperidine rings is 1. The molecule has 0 aliphatic carbocycles. The molecule has 3 heterocycles. The molecule has 2 fully saturated rings. The molecule has 0 radical (unpaired) electrons. The molecule has 184 valence electrons. The Kier molecular flexibility index (Phi) is 6.57. The molecule has 9 nitrogen and oxygen atoms in total. The Labute approximate surface area is 205 Å². The molecule has 0 unspecified atom stereocenters. The van der Waals surface area contributed by atoms with Crippen molar-refractivity contribution in [3.63, 3.8) is 0 Å². The number of carbonyl (C=O) groups is 1. The maximum absolute atomic E-state index is 13.3. The fourth-order valence-corrected chi connectivity index (χ4v) is 6.30. The number of carbonyl (C=O) groups excluding carboxylic acids is 1. The lowest BCUT2D eigenvalue weighted by Gasteiger charge is -2.39. The normalized spacial score (nSPS) is 18.1. The van der Waals surface area contributed by atoms with Gasteiger partial charge < -0.3 is 14.3 Å². The first-order valence-electron chi connectivity index (χ1n) is 11.9. The largest absolute Gasteiger partial charge is 0.368 e. The average Bonchev–Trinajstić information content (AvgIpc) is 3.35. The molecule has 35 heavy (non-hydrogen) atoms. The van der Waals surface area contributed by atoms with Crippen molar-refractivity contribution in [2.45, 2.75) is 24.7 Å². The molecule has 0 bridgehead atoms. The van der Waals surface area contributed by atoms with Gasteiger partial charge in [-0.05, 0) is 37.1 Å². The molecular formula is C25H29N5O4S. The number of benzene rings is 2. The number of sulfonamides is 1. The van der Waals surface area contributed by atoms with Gasteiger partial charge in [-0.3, -0.25) is 4.79 Å². The van der Waals surface area contributed by atoms with Crippen LogP contribution in [0.3, 0.4) is 0 Å². The van der Waals surface area contributed by atoms with E-state index in [1.54, 1.807) is 31.2 Å². The highest BCUT2D eigenvalue weighted by atomic mass is 32.2. The molecule has 3 aromatic rings. The zero-order valence-electron chi connectivity index (χ0n) is 19.7. The van der Waals surface area contributed by atoms with Crippen LogP contribution in [-0.2, 0) is 14.8 Å². The number of hydrogen-bond donors (Lipinski definition) is 0. The van der Waals surface area contributed by atoms with Crippen molar-refractivity contribution >= 4 is 21.6 Å². The van der Waals surface area contributed by atoms with E-state index in [0.717, 1.165) is 13.1 Å². The molecule has 2 aromatic carbocycles. The van der Waals surface area contributed by atoms with Crippen molar-refractivity contribution in [2.75, 3.05) is 44.2 Å². The van der Waals surface area contributed by atoms with Crippen molar-refractivity contribution in [3.05, 3.63) is 60.5 Å². The third kappa shape index (κ3) is 4.94. The molecule has 2 aliphatic rings. The van der Waals surface area contributed by atoms with E-state index < -0.39 is 10.0 Å². The summed E-state index contributed by atoms with van der Waals surface area (Å²) < 4.78 is 33.1. The van der Waals surface area contributed by atoms with E-state index in [2.05, 4.69) is 27.2 Å². The fourth-order valence-electron chi connectivity index (χ4n) is 4.79. The second-order valence-corrected chi connectivity index (χ2v) is 10.9. The van der Waals surface area contributed by atoms with Gasteiger partial charge in [0.05, 0.1) is 4.90 Å². The Balaban J connectivity index is 1.18. The Bertz CT molecular complexity index is 1280. The highest BCUT2D eigenvalue weighted by Crippen LogP contribution is 2.28. The summed E-state index contributed by atoms with van der Waals surface area (Å²) in [6, 6.07) is 16.8. The number of rotatable bonds is 5.